The molecule has 1 amide bonds. The van der Waals surface area contributed by atoms with E-state index in [2.05, 4.69) is 22.5 Å². The predicted octanol–water partition coefficient (Wildman–Crippen LogP) is 3.40. The Morgan fingerprint density at radius 2 is 2.09 bits per heavy atom. The molecular formula is C25H32FN5O2. The molecule has 0 radical (unpaired) electrons. The lowest BCUT2D eigenvalue weighted by Crippen LogP contribution is -2.54. The van der Waals surface area contributed by atoms with Gasteiger partial charge in [-0.1, -0.05) is 12.1 Å². The number of carbonyl (C=O) groups excluding carboxylic acids is 1. The van der Waals surface area contributed by atoms with Crippen molar-refractivity contribution in [1.29, 1.82) is 0 Å². The summed E-state index contributed by atoms with van der Waals surface area (Å²) < 4.78 is 15.4. The zero-order chi connectivity index (χ0) is 23.4. The van der Waals surface area contributed by atoms with Crippen LogP contribution in [0.1, 0.15) is 38.4 Å². The van der Waals surface area contributed by atoms with Crippen LogP contribution in [0.25, 0.3) is 11.0 Å². The van der Waals surface area contributed by atoms with Gasteiger partial charge in [-0.05, 0) is 50.5 Å². The minimum Gasteiger partial charge on any atom is -0.386 e. The summed E-state index contributed by atoms with van der Waals surface area (Å²) in [5.41, 5.74) is 1.09. The van der Waals surface area contributed by atoms with Crippen LogP contribution in [-0.4, -0.2) is 62.7 Å². The average molecular weight is 454 g/mol. The number of nitrogens with zero attached hydrogens (tertiary/aromatic N) is 5. The number of para-hydroxylation sites is 2. The number of aliphatic hydroxyl groups is 1. The van der Waals surface area contributed by atoms with Gasteiger partial charge in [-0.2, -0.15) is 0 Å². The normalized spacial score (nSPS) is 18.6. The number of hydrogen-bond acceptors (Lipinski definition) is 5. The van der Waals surface area contributed by atoms with E-state index in [1.165, 1.54) is 12.3 Å². The van der Waals surface area contributed by atoms with Crippen molar-refractivity contribution >= 4 is 22.8 Å². The fourth-order valence-corrected chi connectivity index (χ4v) is 4.78. The number of piperidine rings is 1. The first-order valence-electron chi connectivity index (χ1n) is 11.7. The molecule has 33 heavy (non-hydrogen) atoms. The first kappa shape index (κ1) is 23.2. The third kappa shape index (κ3) is 5.33. The molecule has 0 spiro atoms. The summed E-state index contributed by atoms with van der Waals surface area (Å²) in [5.74, 6) is 1.27. The lowest BCUT2D eigenvalue weighted by molar-refractivity contribution is -0.133. The molecule has 1 fully saturated rings. The SMILES string of the molecule is CCn1c(CCCC(=O)N(C)CC2(O)CCCN(c3ccc(F)cn3)C2)nc2ccccc21. The molecule has 1 aliphatic rings. The predicted molar refractivity (Wildman–Crippen MR) is 127 cm³/mol. The minimum atomic E-state index is -1.02. The number of likely N-dealkylation sites (N-methyl/N-ethyl adjacent to an activating group) is 1. The quantitative estimate of drug-likeness (QED) is 0.566. The minimum absolute atomic E-state index is 0.0135. The second-order valence-corrected chi connectivity index (χ2v) is 8.95. The standard InChI is InChI=1S/C25H32FN5O2/c1-3-31-21-9-5-4-8-20(21)28-23(31)10-6-11-24(32)29(2)17-25(33)14-7-15-30(18-25)22-13-12-19(26)16-27-22/h4-5,8-9,12-13,16,33H,3,6-7,10-11,14-15,17-18H2,1-2H3. The van der Waals surface area contributed by atoms with Gasteiger partial charge in [0.1, 0.15) is 17.5 Å². The molecule has 4 rings (SSSR count). The Bertz CT molecular complexity index is 1100. The molecule has 2 aromatic heterocycles. The van der Waals surface area contributed by atoms with Crippen molar-refractivity contribution in [1.82, 2.24) is 19.4 Å². The molecule has 1 unspecified atom stereocenters. The van der Waals surface area contributed by atoms with E-state index in [1.807, 2.05) is 23.1 Å². The van der Waals surface area contributed by atoms with Crippen molar-refractivity contribution < 1.29 is 14.3 Å². The highest BCUT2D eigenvalue weighted by Gasteiger charge is 2.35. The molecule has 1 aromatic carbocycles. The third-order valence-corrected chi connectivity index (χ3v) is 6.39. The Kier molecular flexibility index (Phi) is 6.93. The Hall–Kier alpha value is -3.00. The smallest absolute Gasteiger partial charge is 0.222 e. The summed E-state index contributed by atoms with van der Waals surface area (Å²) in [6, 6.07) is 11.1. The van der Waals surface area contributed by atoms with Gasteiger partial charge in [-0.25, -0.2) is 14.4 Å². The Labute approximate surface area is 193 Å². The number of aryl methyl sites for hydroxylation is 2. The molecule has 1 atom stereocenters. The van der Waals surface area contributed by atoms with Gasteiger partial charge in [0, 0.05) is 39.5 Å². The van der Waals surface area contributed by atoms with Crippen LogP contribution in [0.5, 0.6) is 0 Å². The Morgan fingerprint density at radius 1 is 1.27 bits per heavy atom. The van der Waals surface area contributed by atoms with Gasteiger partial charge in [-0.15, -0.1) is 0 Å². The van der Waals surface area contributed by atoms with Gasteiger partial charge in [-0.3, -0.25) is 4.79 Å². The van der Waals surface area contributed by atoms with E-state index in [9.17, 15) is 14.3 Å². The van der Waals surface area contributed by atoms with Crippen LogP contribution in [0.3, 0.4) is 0 Å². The maximum absolute atomic E-state index is 13.2. The molecule has 0 saturated carbocycles. The Morgan fingerprint density at radius 3 is 2.85 bits per heavy atom. The van der Waals surface area contributed by atoms with Crippen molar-refractivity contribution in [2.24, 2.45) is 0 Å². The van der Waals surface area contributed by atoms with Gasteiger partial charge in [0.2, 0.25) is 5.91 Å². The molecule has 1 N–H and O–H groups in total. The third-order valence-electron chi connectivity index (χ3n) is 6.39. The van der Waals surface area contributed by atoms with E-state index in [0.29, 0.717) is 31.6 Å². The highest BCUT2D eigenvalue weighted by molar-refractivity contribution is 5.76. The first-order chi connectivity index (χ1) is 15.9. The van der Waals surface area contributed by atoms with Crippen molar-refractivity contribution in [3.8, 4) is 0 Å². The van der Waals surface area contributed by atoms with Crippen LogP contribution in [0, 0.1) is 5.82 Å². The number of rotatable bonds is 8. The number of anilines is 1. The summed E-state index contributed by atoms with van der Waals surface area (Å²) in [4.78, 5) is 25.2. The van der Waals surface area contributed by atoms with Gasteiger partial charge >= 0.3 is 0 Å². The topological polar surface area (TPSA) is 74.5 Å². The fourth-order valence-electron chi connectivity index (χ4n) is 4.78. The molecule has 176 valence electrons. The molecule has 7 nitrogen and oxygen atoms in total. The molecule has 0 aliphatic carbocycles. The van der Waals surface area contributed by atoms with Gasteiger partial charge < -0.3 is 19.5 Å². The molecule has 1 aliphatic heterocycles. The van der Waals surface area contributed by atoms with E-state index in [4.69, 9.17) is 4.98 Å². The maximum atomic E-state index is 13.2. The van der Waals surface area contributed by atoms with Crippen LogP contribution >= 0.6 is 0 Å². The number of halogens is 1. The van der Waals surface area contributed by atoms with Crippen LogP contribution in [0.15, 0.2) is 42.6 Å². The number of β-amino-alcohol motifs (C(OH)–C–C–N with tert-alkyl or cyclic N) is 1. The number of imidazole rings is 1. The number of fused-ring (bicyclic) bond motifs is 1. The monoisotopic (exact) mass is 453 g/mol. The van der Waals surface area contributed by atoms with Crippen molar-refractivity contribution in [2.45, 2.75) is 51.2 Å². The van der Waals surface area contributed by atoms with Crippen LogP contribution in [-0.2, 0) is 17.8 Å². The van der Waals surface area contributed by atoms with E-state index < -0.39 is 5.60 Å². The summed E-state index contributed by atoms with van der Waals surface area (Å²) in [7, 11) is 1.75. The van der Waals surface area contributed by atoms with Gasteiger partial charge in [0.15, 0.2) is 0 Å². The molecule has 3 aromatic rings. The van der Waals surface area contributed by atoms with Crippen LogP contribution in [0.4, 0.5) is 10.2 Å². The van der Waals surface area contributed by atoms with Crippen molar-refractivity contribution in [3.63, 3.8) is 0 Å². The summed E-state index contributed by atoms with van der Waals surface area (Å²) in [6.45, 7) is 4.32. The van der Waals surface area contributed by atoms with E-state index in [0.717, 1.165) is 42.8 Å². The highest BCUT2D eigenvalue weighted by atomic mass is 19.1. The van der Waals surface area contributed by atoms with E-state index in [1.54, 1.807) is 18.0 Å². The van der Waals surface area contributed by atoms with Crippen LogP contribution in [0.2, 0.25) is 0 Å². The summed E-state index contributed by atoms with van der Waals surface area (Å²) >= 11 is 0. The van der Waals surface area contributed by atoms with E-state index >= 15 is 0 Å². The lowest BCUT2D eigenvalue weighted by atomic mass is 9.92. The van der Waals surface area contributed by atoms with Crippen LogP contribution < -0.4 is 4.90 Å². The van der Waals surface area contributed by atoms with Crippen molar-refractivity contribution in [2.75, 3.05) is 31.6 Å². The van der Waals surface area contributed by atoms with Gasteiger partial charge in [0.05, 0.1) is 29.4 Å². The fraction of sp³-hybridized carbons (Fsp3) is 0.480. The second-order valence-electron chi connectivity index (χ2n) is 8.95. The number of aromatic nitrogens is 3. The first-order valence-corrected chi connectivity index (χ1v) is 11.7. The Balaban J connectivity index is 1.31. The summed E-state index contributed by atoms with van der Waals surface area (Å²) in [6.07, 6.45) is 4.43. The lowest BCUT2D eigenvalue weighted by Gasteiger charge is -2.41. The van der Waals surface area contributed by atoms with Crippen molar-refractivity contribution in [3.05, 3.63) is 54.2 Å². The largest absolute Gasteiger partial charge is 0.386 e. The number of amides is 1. The van der Waals surface area contributed by atoms with Gasteiger partial charge in [0.25, 0.3) is 0 Å². The highest BCUT2D eigenvalue weighted by Crippen LogP contribution is 2.26. The number of hydrogen-bond donors (Lipinski definition) is 1. The number of pyridine rings is 1. The van der Waals surface area contributed by atoms with E-state index in [-0.39, 0.29) is 18.3 Å². The molecular weight excluding hydrogens is 421 g/mol. The molecule has 8 heteroatoms. The average Bonchev–Trinajstić information content (AvgIpc) is 3.16. The number of carbonyl (C=O) groups is 1. The summed E-state index contributed by atoms with van der Waals surface area (Å²) in [5, 5.41) is 11.2. The number of benzene rings is 1. The maximum Gasteiger partial charge on any atom is 0.222 e. The second kappa shape index (κ2) is 9.87. The zero-order valence-electron chi connectivity index (χ0n) is 19.4. The molecule has 1 saturated heterocycles. The molecule has 0 bridgehead atoms. The molecule has 3 heterocycles. The zero-order valence-corrected chi connectivity index (χ0v) is 19.4.